The van der Waals surface area contributed by atoms with Gasteiger partial charge in [-0.1, -0.05) is 36.4 Å². The van der Waals surface area contributed by atoms with Gasteiger partial charge >= 0.3 is 18.2 Å². The molecule has 184 valence electrons. The summed E-state index contributed by atoms with van der Waals surface area (Å²) in [5.41, 5.74) is -0.212. The first-order valence-corrected chi connectivity index (χ1v) is 10.8. The second-order valence-corrected chi connectivity index (χ2v) is 8.38. The molecule has 2 amide bonds. The second kappa shape index (κ2) is 10.5. The van der Waals surface area contributed by atoms with Gasteiger partial charge in [0, 0.05) is 5.69 Å². The van der Waals surface area contributed by atoms with E-state index in [-0.39, 0.29) is 5.69 Å². The van der Waals surface area contributed by atoms with Crippen LogP contribution in [0.1, 0.15) is 30.5 Å². The van der Waals surface area contributed by atoms with Gasteiger partial charge in [-0.15, -0.1) is 0 Å². The van der Waals surface area contributed by atoms with Crippen LogP contribution in [0, 0.1) is 0 Å². The number of carbonyl (C=O) groups is 2. The van der Waals surface area contributed by atoms with E-state index in [9.17, 15) is 22.8 Å². The van der Waals surface area contributed by atoms with E-state index in [1.54, 1.807) is 30.3 Å². The Balaban J connectivity index is 1.58. The largest absolute Gasteiger partial charge is 0.478 e. The van der Waals surface area contributed by atoms with Crippen molar-refractivity contribution in [1.82, 2.24) is 0 Å². The maximum atomic E-state index is 13.1. The first-order valence-electron chi connectivity index (χ1n) is 10.8. The van der Waals surface area contributed by atoms with E-state index >= 15 is 0 Å². The highest BCUT2D eigenvalue weighted by Gasteiger charge is 2.33. The number of rotatable bonds is 8. The van der Waals surface area contributed by atoms with Crippen LogP contribution in [0.25, 0.3) is 0 Å². The minimum absolute atomic E-state index is 0.326. The molecule has 3 aromatic rings. The molecule has 3 aromatic carbocycles. The Morgan fingerprint density at radius 2 is 1.51 bits per heavy atom. The van der Waals surface area contributed by atoms with Gasteiger partial charge in [-0.2, -0.15) is 13.2 Å². The fraction of sp³-hybridized carbons (Fsp3) is 0.231. The van der Waals surface area contributed by atoms with Gasteiger partial charge in [-0.3, -0.25) is 0 Å². The summed E-state index contributed by atoms with van der Waals surface area (Å²) in [6.07, 6.45) is -3.26. The third kappa shape index (κ3) is 7.23. The number of hydrogen-bond donors (Lipinski definition) is 3. The lowest BCUT2D eigenvalue weighted by atomic mass is 10.0. The molecule has 0 aliphatic carbocycles. The number of benzene rings is 3. The van der Waals surface area contributed by atoms with Gasteiger partial charge in [0.2, 0.25) is 0 Å². The summed E-state index contributed by atoms with van der Waals surface area (Å²) in [5, 5.41) is 14.0. The molecule has 0 saturated heterocycles. The number of carbonyl (C=O) groups excluding carboxylic acids is 1. The van der Waals surface area contributed by atoms with E-state index in [1.807, 2.05) is 18.2 Å². The maximum absolute atomic E-state index is 13.1. The predicted octanol–water partition coefficient (Wildman–Crippen LogP) is 6.38. The summed E-state index contributed by atoms with van der Waals surface area (Å²) in [7, 11) is 0. The van der Waals surface area contributed by atoms with Crippen LogP contribution in [0.15, 0.2) is 72.8 Å². The normalized spacial score (nSPS) is 11.6. The molecule has 0 atom stereocenters. The molecule has 0 heterocycles. The lowest BCUT2D eigenvalue weighted by Gasteiger charge is -2.21. The SMILES string of the molecule is CC(C)(Oc1ccc(CCc2cccc(NC(=O)Nc3ccccc3C(F)(F)F)c2)cc1)C(=O)O. The summed E-state index contributed by atoms with van der Waals surface area (Å²) in [5.74, 6) is -0.612. The smallest absolute Gasteiger partial charge is 0.418 e. The molecule has 0 bridgehead atoms. The van der Waals surface area contributed by atoms with Crippen LogP contribution < -0.4 is 15.4 Å². The highest BCUT2D eigenvalue weighted by Crippen LogP contribution is 2.34. The number of ether oxygens (including phenoxy) is 1. The zero-order valence-electron chi connectivity index (χ0n) is 19.1. The van der Waals surface area contributed by atoms with E-state index in [0.29, 0.717) is 24.3 Å². The fourth-order valence-corrected chi connectivity index (χ4v) is 3.28. The van der Waals surface area contributed by atoms with Gasteiger partial charge in [0.15, 0.2) is 5.60 Å². The molecular weight excluding hydrogens is 461 g/mol. The molecule has 6 nitrogen and oxygen atoms in total. The first-order chi connectivity index (χ1) is 16.4. The van der Waals surface area contributed by atoms with Crippen LogP contribution in [-0.4, -0.2) is 22.7 Å². The number of amides is 2. The summed E-state index contributed by atoms with van der Waals surface area (Å²) in [6.45, 7) is 2.94. The fourth-order valence-electron chi connectivity index (χ4n) is 3.28. The standard InChI is InChI=1S/C26H25F3N2O4/c1-25(2,23(32)33)35-20-14-12-17(13-15-20)10-11-18-6-5-7-19(16-18)30-24(34)31-22-9-4-3-8-21(22)26(27,28)29/h3-9,12-16H,10-11H2,1-2H3,(H,32,33)(H2,30,31,34). The number of aliphatic carboxylic acids is 1. The predicted molar refractivity (Wildman–Crippen MR) is 127 cm³/mol. The van der Waals surface area contributed by atoms with E-state index in [1.165, 1.54) is 32.0 Å². The zero-order chi connectivity index (χ0) is 25.6. The van der Waals surface area contributed by atoms with Gasteiger partial charge in [-0.25, -0.2) is 9.59 Å². The molecule has 0 saturated carbocycles. The van der Waals surface area contributed by atoms with Crippen molar-refractivity contribution in [2.75, 3.05) is 10.6 Å². The van der Waals surface area contributed by atoms with Crippen molar-refractivity contribution < 1.29 is 32.6 Å². The number of urea groups is 1. The molecule has 3 rings (SSSR count). The number of alkyl halides is 3. The number of nitrogens with one attached hydrogen (secondary N) is 2. The molecule has 3 N–H and O–H groups in total. The topological polar surface area (TPSA) is 87.7 Å². The Labute approximate surface area is 200 Å². The van der Waals surface area contributed by atoms with Crippen LogP contribution in [0.4, 0.5) is 29.3 Å². The van der Waals surface area contributed by atoms with Gasteiger partial charge in [0.05, 0.1) is 11.3 Å². The summed E-state index contributed by atoms with van der Waals surface area (Å²) >= 11 is 0. The van der Waals surface area contributed by atoms with Gasteiger partial charge in [0.1, 0.15) is 5.75 Å². The molecule has 0 spiro atoms. The van der Waals surface area contributed by atoms with Crippen molar-refractivity contribution in [3.8, 4) is 5.75 Å². The molecule has 0 radical (unpaired) electrons. The number of carboxylic acid groups (broad SMARTS) is 1. The molecule has 0 fully saturated rings. The number of halogens is 3. The van der Waals surface area contributed by atoms with E-state index < -0.39 is 29.3 Å². The van der Waals surface area contributed by atoms with Gasteiger partial charge < -0.3 is 20.5 Å². The minimum Gasteiger partial charge on any atom is -0.478 e. The Kier molecular flexibility index (Phi) is 7.68. The van der Waals surface area contributed by atoms with E-state index in [0.717, 1.165) is 17.2 Å². The molecule has 0 aromatic heterocycles. The Morgan fingerprint density at radius 3 is 2.17 bits per heavy atom. The minimum atomic E-state index is -4.58. The van der Waals surface area contributed by atoms with Crippen LogP contribution in [0.5, 0.6) is 5.75 Å². The van der Waals surface area contributed by atoms with Gasteiger partial charge in [0.25, 0.3) is 0 Å². The summed E-state index contributed by atoms with van der Waals surface area (Å²) < 4.78 is 44.9. The van der Waals surface area contributed by atoms with Crippen molar-refractivity contribution in [2.45, 2.75) is 38.5 Å². The molecule has 0 aliphatic rings. The van der Waals surface area contributed by atoms with Crippen molar-refractivity contribution in [3.63, 3.8) is 0 Å². The molecule has 0 aliphatic heterocycles. The van der Waals surface area contributed by atoms with Crippen molar-refractivity contribution in [2.24, 2.45) is 0 Å². The van der Waals surface area contributed by atoms with Crippen molar-refractivity contribution >= 4 is 23.4 Å². The lowest BCUT2D eigenvalue weighted by molar-refractivity contribution is -0.152. The van der Waals surface area contributed by atoms with Gasteiger partial charge in [-0.05, 0) is 74.2 Å². The third-order valence-corrected chi connectivity index (χ3v) is 5.18. The van der Waals surface area contributed by atoms with E-state index in [2.05, 4.69) is 10.6 Å². The van der Waals surface area contributed by atoms with Crippen LogP contribution in [-0.2, 0) is 23.8 Å². The van der Waals surface area contributed by atoms with Crippen LogP contribution in [0.3, 0.4) is 0 Å². The molecule has 0 unspecified atom stereocenters. The average molecular weight is 486 g/mol. The lowest BCUT2D eigenvalue weighted by Crippen LogP contribution is -2.37. The summed E-state index contributed by atoms with van der Waals surface area (Å²) in [6, 6.07) is 18.1. The first kappa shape index (κ1) is 25.6. The number of para-hydroxylation sites is 1. The number of anilines is 2. The number of hydrogen-bond acceptors (Lipinski definition) is 3. The van der Waals surface area contributed by atoms with Crippen LogP contribution >= 0.6 is 0 Å². The van der Waals surface area contributed by atoms with E-state index in [4.69, 9.17) is 9.84 Å². The maximum Gasteiger partial charge on any atom is 0.418 e. The van der Waals surface area contributed by atoms with Crippen LogP contribution in [0.2, 0.25) is 0 Å². The molecule has 35 heavy (non-hydrogen) atoms. The number of carboxylic acids is 1. The average Bonchev–Trinajstić information content (AvgIpc) is 2.78. The number of aryl methyl sites for hydroxylation is 2. The second-order valence-electron chi connectivity index (χ2n) is 8.38. The zero-order valence-corrected chi connectivity index (χ0v) is 19.1. The highest BCUT2D eigenvalue weighted by atomic mass is 19.4. The Morgan fingerprint density at radius 1 is 0.857 bits per heavy atom. The molecular formula is C26H25F3N2O4. The summed E-state index contributed by atoms with van der Waals surface area (Å²) in [4.78, 5) is 23.5. The van der Waals surface area contributed by atoms with Crippen molar-refractivity contribution in [1.29, 1.82) is 0 Å². The monoisotopic (exact) mass is 486 g/mol. The Bertz CT molecular complexity index is 1190. The quantitative estimate of drug-likeness (QED) is 0.345. The molecule has 9 heteroatoms. The third-order valence-electron chi connectivity index (χ3n) is 5.18. The Hall–Kier alpha value is -4.01. The van der Waals surface area contributed by atoms with Crippen molar-refractivity contribution in [3.05, 3.63) is 89.5 Å². The highest BCUT2D eigenvalue weighted by molar-refractivity contribution is 6.00.